The number of piperazine rings is 1. The Morgan fingerprint density at radius 2 is 1.90 bits per heavy atom. The van der Waals surface area contributed by atoms with Crippen molar-refractivity contribution in [2.75, 3.05) is 58.3 Å². The van der Waals surface area contributed by atoms with Crippen molar-refractivity contribution in [1.82, 2.24) is 14.8 Å². The highest BCUT2D eigenvalue weighted by molar-refractivity contribution is 5.42. The predicted molar refractivity (Wildman–Crippen MR) is 82.1 cm³/mol. The van der Waals surface area contributed by atoms with Gasteiger partial charge < -0.3 is 14.9 Å². The molecular weight excluding hydrogens is 252 g/mol. The molecule has 20 heavy (non-hydrogen) atoms. The molecule has 1 aromatic heterocycles. The molecule has 1 N–H and O–H groups in total. The van der Waals surface area contributed by atoms with E-state index in [1.807, 2.05) is 19.1 Å². The van der Waals surface area contributed by atoms with E-state index in [1.165, 1.54) is 0 Å². The predicted octanol–water partition coefficient (Wildman–Crippen LogP) is 0.566. The molecular formula is C15H26N4O. The van der Waals surface area contributed by atoms with Crippen LogP contribution >= 0.6 is 0 Å². The van der Waals surface area contributed by atoms with Crippen LogP contribution < -0.4 is 4.90 Å². The van der Waals surface area contributed by atoms with Crippen LogP contribution in [0.3, 0.4) is 0 Å². The molecule has 1 aliphatic heterocycles. The first-order chi connectivity index (χ1) is 9.60. The Labute approximate surface area is 121 Å². The van der Waals surface area contributed by atoms with Gasteiger partial charge in [-0.25, -0.2) is 4.98 Å². The number of aromatic nitrogens is 1. The molecule has 1 fully saturated rings. The van der Waals surface area contributed by atoms with Crippen LogP contribution in [0, 0.1) is 6.92 Å². The van der Waals surface area contributed by atoms with Crippen LogP contribution in [-0.2, 0) is 6.61 Å². The molecule has 2 heterocycles. The first-order valence-corrected chi connectivity index (χ1v) is 7.29. The summed E-state index contributed by atoms with van der Waals surface area (Å²) in [5.74, 6) is 1.03. The second-order valence-electron chi connectivity index (χ2n) is 5.70. The van der Waals surface area contributed by atoms with Gasteiger partial charge in [-0.2, -0.15) is 0 Å². The summed E-state index contributed by atoms with van der Waals surface area (Å²) >= 11 is 0. The largest absolute Gasteiger partial charge is 0.392 e. The van der Waals surface area contributed by atoms with Crippen LogP contribution in [0.2, 0.25) is 0 Å². The quantitative estimate of drug-likeness (QED) is 0.853. The number of aryl methyl sites for hydroxylation is 1. The van der Waals surface area contributed by atoms with Crippen molar-refractivity contribution in [2.45, 2.75) is 13.5 Å². The topological polar surface area (TPSA) is 42.8 Å². The highest BCUT2D eigenvalue weighted by atomic mass is 16.3. The molecule has 0 aromatic carbocycles. The van der Waals surface area contributed by atoms with E-state index in [0.29, 0.717) is 0 Å². The lowest BCUT2D eigenvalue weighted by Gasteiger charge is -2.36. The van der Waals surface area contributed by atoms with Crippen LogP contribution in [0.5, 0.6) is 0 Å². The second kappa shape index (κ2) is 7.02. The Bertz CT molecular complexity index is 428. The third kappa shape index (κ3) is 3.91. The van der Waals surface area contributed by atoms with Crippen LogP contribution in [0.25, 0.3) is 0 Å². The normalized spacial score (nSPS) is 16.9. The van der Waals surface area contributed by atoms with E-state index in [1.54, 1.807) is 0 Å². The molecule has 1 aromatic rings. The average Bonchev–Trinajstić information content (AvgIpc) is 2.45. The molecule has 0 saturated carbocycles. The minimum atomic E-state index is 0.0669. The molecule has 1 aliphatic rings. The fourth-order valence-corrected chi connectivity index (χ4v) is 2.46. The maximum absolute atomic E-state index is 9.19. The Morgan fingerprint density at radius 1 is 1.20 bits per heavy atom. The molecule has 0 radical (unpaired) electrons. The van der Waals surface area contributed by atoms with E-state index < -0.39 is 0 Å². The first-order valence-electron chi connectivity index (χ1n) is 7.29. The highest BCUT2D eigenvalue weighted by Crippen LogP contribution is 2.16. The van der Waals surface area contributed by atoms with Crippen LogP contribution in [-0.4, -0.2) is 73.3 Å². The molecule has 0 atom stereocenters. The summed E-state index contributed by atoms with van der Waals surface area (Å²) in [6, 6.07) is 4.00. The van der Waals surface area contributed by atoms with E-state index in [0.717, 1.165) is 56.3 Å². The third-order valence-corrected chi connectivity index (χ3v) is 3.91. The van der Waals surface area contributed by atoms with Gasteiger partial charge in [0, 0.05) is 45.0 Å². The number of nitrogens with zero attached hydrogens (tertiary/aromatic N) is 4. The number of hydrogen-bond donors (Lipinski definition) is 1. The number of likely N-dealkylation sites (N-methyl/N-ethyl adjacent to an activating group) is 1. The van der Waals surface area contributed by atoms with Gasteiger partial charge in [0.15, 0.2) is 0 Å². The summed E-state index contributed by atoms with van der Waals surface area (Å²) in [5, 5.41) is 9.19. The van der Waals surface area contributed by atoms with Gasteiger partial charge in [0.25, 0.3) is 0 Å². The van der Waals surface area contributed by atoms with Gasteiger partial charge in [-0.3, -0.25) is 4.90 Å². The lowest BCUT2D eigenvalue weighted by atomic mass is 10.2. The van der Waals surface area contributed by atoms with Gasteiger partial charge in [-0.05, 0) is 32.6 Å². The third-order valence-electron chi connectivity index (χ3n) is 3.91. The zero-order valence-electron chi connectivity index (χ0n) is 12.8. The van der Waals surface area contributed by atoms with Crippen LogP contribution in [0.4, 0.5) is 5.82 Å². The first kappa shape index (κ1) is 15.2. The van der Waals surface area contributed by atoms with E-state index in [2.05, 4.69) is 33.8 Å². The van der Waals surface area contributed by atoms with Crippen LogP contribution in [0.15, 0.2) is 12.1 Å². The zero-order valence-corrected chi connectivity index (χ0v) is 12.8. The summed E-state index contributed by atoms with van der Waals surface area (Å²) in [7, 11) is 4.23. The molecule has 0 aliphatic carbocycles. The van der Waals surface area contributed by atoms with Crippen molar-refractivity contribution >= 4 is 5.82 Å². The van der Waals surface area contributed by atoms with Gasteiger partial charge in [0.05, 0.1) is 6.61 Å². The van der Waals surface area contributed by atoms with Crippen molar-refractivity contribution in [2.24, 2.45) is 0 Å². The minimum absolute atomic E-state index is 0.0669. The second-order valence-corrected chi connectivity index (χ2v) is 5.70. The molecule has 0 amide bonds. The molecule has 5 heteroatoms. The van der Waals surface area contributed by atoms with E-state index in [-0.39, 0.29) is 6.61 Å². The van der Waals surface area contributed by atoms with Gasteiger partial charge in [-0.1, -0.05) is 6.07 Å². The van der Waals surface area contributed by atoms with Crippen molar-refractivity contribution in [1.29, 1.82) is 0 Å². The number of pyridine rings is 1. The van der Waals surface area contributed by atoms with E-state index in [4.69, 9.17) is 0 Å². The van der Waals surface area contributed by atoms with Crippen molar-refractivity contribution in [3.05, 3.63) is 23.4 Å². The maximum Gasteiger partial charge on any atom is 0.128 e. The maximum atomic E-state index is 9.19. The molecule has 0 unspecified atom stereocenters. The van der Waals surface area contributed by atoms with Crippen molar-refractivity contribution in [3.63, 3.8) is 0 Å². The molecule has 0 bridgehead atoms. The van der Waals surface area contributed by atoms with Gasteiger partial charge in [-0.15, -0.1) is 0 Å². The lowest BCUT2D eigenvalue weighted by Crippen LogP contribution is -2.48. The lowest BCUT2D eigenvalue weighted by molar-refractivity contribution is 0.229. The zero-order chi connectivity index (χ0) is 14.5. The van der Waals surface area contributed by atoms with Crippen LogP contribution in [0.1, 0.15) is 11.3 Å². The van der Waals surface area contributed by atoms with Gasteiger partial charge in [0.2, 0.25) is 0 Å². The van der Waals surface area contributed by atoms with Crippen molar-refractivity contribution in [3.8, 4) is 0 Å². The number of aliphatic hydroxyl groups excluding tert-OH is 1. The smallest absolute Gasteiger partial charge is 0.128 e. The summed E-state index contributed by atoms with van der Waals surface area (Å²) < 4.78 is 0. The highest BCUT2D eigenvalue weighted by Gasteiger charge is 2.18. The number of rotatable bonds is 5. The summed E-state index contributed by atoms with van der Waals surface area (Å²) in [4.78, 5) is 11.7. The standard InChI is InChI=1S/C15H26N4O/c1-13-14(12-20)4-5-15(16-13)19-10-8-18(9-11-19)7-6-17(2)3/h4-5,20H,6-12H2,1-3H3. The SMILES string of the molecule is Cc1nc(N2CCN(CCN(C)C)CC2)ccc1CO. The number of hydrogen-bond acceptors (Lipinski definition) is 5. The molecule has 1 saturated heterocycles. The number of aliphatic hydroxyl groups is 1. The monoisotopic (exact) mass is 278 g/mol. The van der Waals surface area contributed by atoms with Gasteiger partial charge in [0.1, 0.15) is 5.82 Å². The summed E-state index contributed by atoms with van der Waals surface area (Å²) in [6.45, 7) is 8.52. The molecule has 2 rings (SSSR count). The van der Waals surface area contributed by atoms with Gasteiger partial charge >= 0.3 is 0 Å². The fraction of sp³-hybridized carbons (Fsp3) is 0.667. The Kier molecular flexibility index (Phi) is 5.34. The molecule has 0 spiro atoms. The van der Waals surface area contributed by atoms with E-state index >= 15 is 0 Å². The fourth-order valence-electron chi connectivity index (χ4n) is 2.46. The average molecular weight is 278 g/mol. The number of anilines is 1. The summed E-state index contributed by atoms with van der Waals surface area (Å²) in [6.07, 6.45) is 0. The molecule has 112 valence electrons. The Hall–Kier alpha value is -1.17. The van der Waals surface area contributed by atoms with Crippen molar-refractivity contribution < 1.29 is 5.11 Å². The Balaban J connectivity index is 1.88. The molecule has 5 nitrogen and oxygen atoms in total. The minimum Gasteiger partial charge on any atom is -0.392 e. The Morgan fingerprint density at radius 3 is 2.45 bits per heavy atom. The van der Waals surface area contributed by atoms with E-state index in [9.17, 15) is 5.11 Å². The summed E-state index contributed by atoms with van der Waals surface area (Å²) in [5.41, 5.74) is 1.85.